The first-order valence-corrected chi connectivity index (χ1v) is 6.23. The lowest BCUT2D eigenvalue weighted by Crippen LogP contribution is -2.36. The number of benzene rings is 1. The van der Waals surface area contributed by atoms with Crippen LogP contribution in [0, 0.1) is 6.92 Å². The number of nitrogens with two attached hydrogens (primary N) is 1. The highest BCUT2D eigenvalue weighted by Crippen LogP contribution is 2.25. The van der Waals surface area contributed by atoms with Gasteiger partial charge in [0.2, 0.25) is 0 Å². The number of carbonyl (C=O) groups is 1. The number of fused-ring (bicyclic) bond motifs is 1. The van der Waals surface area contributed by atoms with Crippen molar-refractivity contribution in [2.75, 3.05) is 12.3 Å². The highest BCUT2D eigenvalue weighted by atomic mass is 16.5. The van der Waals surface area contributed by atoms with Crippen LogP contribution in [0.15, 0.2) is 28.9 Å². The Morgan fingerprint density at radius 3 is 3.05 bits per heavy atom. The Bertz CT molecular complexity index is 633. The van der Waals surface area contributed by atoms with E-state index in [-0.39, 0.29) is 5.91 Å². The van der Waals surface area contributed by atoms with Gasteiger partial charge in [0, 0.05) is 18.8 Å². The Hall–Kier alpha value is -2.30. The molecule has 0 spiro atoms. The predicted octanol–water partition coefficient (Wildman–Crippen LogP) is 1.76. The molecular formula is C14H15N3O2. The summed E-state index contributed by atoms with van der Waals surface area (Å²) in [6, 6.07) is 5.89. The summed E-state index contributed by atoms with van der Waals surface area (Å²) in [5, 5.41) is 3.65. The second-order valence-electron chi connectivity index (χ2n) is 4.76. The summed E-state index contributed by atoms with van der Waals surface area (Å²) >= 11 is 0. The molecule has 2 N–H and O–H groups in total. The van der Waals surface area contributed by atoms with E-state index in [9.17, 15) is 4.79 Å². The average molecular weight is 257 g/mol. The Labute approximate surface area is 111 Å². The molecule has 5 nitrogen and oxygen atoms in total. The number of aromatic nitrogens is 1. The summed E-state index contributed by atoms with van der Waals surface area (Å²) in [5.41, 5.74) is 9.54. The molecule has 1 aromatic heterocycles. The predicted molar refractivity (Wildman–Crippen MR) is 70.5 cm³/mol. The third-order valence-corrected chi connectivity index (χ3v) is 3.58. The molecule has 98 valence electrons. The minimum Gasteiger partial charge on any atom is -0.398 e. The first-order valence-electron chi connectivity index (χ1n) is 6.23. The number of hydrogen-bond acceptors (Lipinski definition) is 4. The molecule has 0 radical (unpaired) electrons. The van der Waals surface area contributed by atoms with Gasteiger partial charge in [0.1, 0.15) is 11.3 Å². The van der Waals surface area contributed by atoms with Crippen molar-refractivity contribution in [2.45, 2.75) is 19.9 Å². The first kappa shape index (κ1) is 11.8. The molecule has 5 heteroatoms. The second kappa shape index (κ2) is 4.42. The molecule has 1 aliphatic heterocycles. The zero-order valence-electron chi connectivity index (χ0n) is 10.7. The molecule has 19 heavy (non-hydrogen) atoms. The zero-order valence-corrected chi connectivity index (χ0v) is 10.7. The van der Waals surface area contributed by atoms with E-state index in [1.165, 1.54) is 11.8 Å². The van der Waals surface area contributed by atoms with E-state index in [2.05, 4.69) is 11.2 Å². The molecule has 2 heterocycles. The van der Waals surface area contributed by atoms with Crippen molar-refractivity contribution in [2.24, 2.45) is 0 Å². The van der Waals surface area contributed by atoms with Gasteiger partial charge in [-0.2, -0.15) is 0 Å². The molecule has 0 saturated carbocycles. The maximum Gasteiger partial charge on any atom is 0.259 e. The van der Waals surface area contributed by atoms with Crippen LogP contribution in [-0.4, -0.2) is 22.5 Å². The van der Waals surface area contributed by atoms with E-state index in [0.717, 1.165) is 17.7 Å². The van der Waals surface area contributed by atoms with Gasteiger partial charge in [0.25, 0.3) is 5.91 Å². The number of carbonyl (C=O) groups excluding carboxylic acids is 1. The summed E-state index contributed by atoms with van der Waals surface area (Å²) < 4.78 is 4.95. The van der Waals surface area contributed by atoms with Crippen molar-refractivity contribution in [3.8, 4) is 0 Å². The van der Waals surface area contributed by atoms with E-state index in [1.54, 1.807) is 11.8 Å². The fourth-order valence-electron chi connectivity index (χ4n) is 2.45. The van der Waals surface area contributed by atoms with Crippen LogP contribution in [0.3, 0.4) is 0 Å². The van der Waals surface area contributed by atoms with Crippen LogP contribution in [0.4, 0.5) is 5.69 Å². The van der Waals surface area contributed by atoms with Gasteiger partial charge in [0.15, 0.2) is 0 Å². The molecule has 0 saturated heterocycles. The van der Waals surface area contributed by atoms with Crippen molar-refractivity contribution in [1.82, 2.24) is 10.1 Å². The van der Waals surface area contributed by atoms with Crippen LogP contribution in [0.5, 0.6) is 0 Å². The van der Waals surface area contributed by atoms with Gasteiger partial charge in [0.05, 0.1) is 6.20 Å². The summed E-state index contributed by atoms with van der Waals surface area (Å²) in [4.78, 5) is 14.2. The van der Waals surface area contributed by atoms with Gasteiger partial charge in [-0.1, -0.05) is 17.3 Å². The van der Waals surface area contributed by atoms with Crippen molar-refractivity contribution in [3.63, 3.8) is 0 Å². The Morgan fingerprint density at radius 2 is 2.32 bits per heavy atom. The number of aryl methyl sites for hydroxylation is 1. The van der Waals surface area contributed by atoms with Crippen molar-refractivity contribution >= 4 is 11.6 Å². The van der Waals surface area contributed by atoms with Crippen LogP contribution in [-0.2, 0) is 13.0 Å². The Kier molecular flexibility index (Phi) is 2.74. The molecule has 1 aliphatic rings. The highest BCUT2D eigenvalue weighted by molar-refractivity contribution is 5.95. The van der Waals surface area contributed by atoms with Gasteiger partial charge in [-0.25, -0.2) is 0 Å². The van der Waals surface area contributed by atoms with Gasteiger partial charge in [-0.15, -0.1) is 0 Å². The van der Waals surface area contributed by atoms with Crippen LogP contribution >= 0.6 is 0 Å². The topological polar surface area (TPSA) is 72.4 Å². The zero-order chi connectivity index (χ0) is 13.4. The van der Waals surface area contributed by atoms with Crippen LogP contribution in [0.2, 0.25) is 0 Å². The number of anilines is 1. The molecule has 2 aromatic rings. The minimum absolute atomic E-state index is 0.0485. The van der Waals surface area contributed by atoms with Crippen molar-refractivity contribution in [3.05, 3.63) is 46.8 Å². The third kappa shape index (κ3) is 1.97. The number of nitrogens with zero attached hydrogens (tertiary/aromatic N) is 2. The van der Waals surface area contributed by atoms with E-state index < -0.39 is 0 Å². The number of rotatable bonds is 1. The summed E-state index contributed by atoms with van der Waals surface area (Å²) in [6.07, 6.45) is 2.30. The molecule has 0 atom stereocenters. The van der Waals surface area contributed by atoms with Crippen LogP contribution in [0.25, 0.3) is 0 Å². The standard InChI is InChI=1S/C14H15N3O2/c1-9-11(7-16-19-9)14(18)17-6-5-10-3-2-4-13(15)12(10)8-17/h2-4,7H,5-6,8,15H2,1H3. The maximum atomic E-state index is 12.4. The summed E-state index contributed by atoms with van der Waals surface area (Å²) in [7, 11) is 0. The van der Waals surface area contributed by atoms with E-state index in [1.807, 2.05) is 12.1 Å². The molecule has 0 fully saturated rings. The SMILES string of the molecule is Cc1oncc1C(=O)N1CCc2cccc(N)c2C1. The van der Waals surface area contributed by atoms with E-state index >= 15 is 0 Å². The van der Waals surface area contributed by atoms with E-state index in [0.29, 0.717) is 24.4 Å². The molecule has 1 aromatic carbocycles. The van der Waals surface area contributed by atoms with Gasteiger partial charge >= 0.3 is 0 Å². The molecular weight excluding hydrogens is 242 g/mol. The number of hydrogen-bond donors (Lipinski definition) is 1. The molecule has 3 rings (SSSR count). The summed E-state index contributed by atoms with van der Waals surface area (Å²) in [6.45, 7) is 2.98. The van der Waals surface area contributed by atoms with E-state index in [4.69, 9.17) is 10.3 Å². The monoisotopic (exact) mass is 257 g/mol. The van der Waals surface area contributed by atoms with Gasteiger partial charge in [-0.3, -0.25) is 4.79 Å². The maximum absolute atomic E-state index is 12.4. The first-order chi connectivity index (χ1) is 9.16. The minimum atomic E-state index is -0.0485. The quantitative estimate of drug-likeness (QED) is 0.790. The second-order valence-corrected chi connectivity index (χ2v) is 4.76. The lowest BCUT2D eigenvalue weighted by atomic mass is 9.97. The fourth-order valence-corrected chi connectivity index (χ4v) is 2.45. The Balaban J connectivity index is 1.88. The van der Waals surface area contributed by atoms with Crippen molar-refractivity contribution < 1.29 is 9.32 Å². The Morgan fingerprint density at radius 1 is 1.47 bits per heavy atom. The summed E-state index contributed by atoms with van der Waals surface area (Å²) in [5.74, 6) is 0.504. The third-order valence-electron chi connectivity index (χ3n) is 3.58. The lowest BCUT2D eigenvalue weighted by Gasteiger charge is -2.29. The largest absolute Gasteiger partial charge is 0.398 e. The number of amides is 1. The van der Waals surface area contributed by atoms with Crippen molar-refractivity contribution in [1.29, 1.82) is 0 Å². The molecule has 0 bridgehead atoms. The average Bonchev–Trinajstić information content (AvgIpc) is 2.84. The van der Waals surface area contributed by atoms with Gasteiger partial charge < -0.3 is 15.2 Å². The highest BCUT2D eigenvalue weighted by Gasteiger charge is 2.25. The van der Waals surface area contributed by atoms with Gasteiger partial charge in [-0.05, 0) is 30.5 Å². The van der Waals surface area contributed by atoms with Crippen LogP contribution < -0.4 is 5.73 Å². The molecule has 0 aliphatic carbocycles. The molecule has 1 amide bonds. The molecule has 0 unspecified atom stereocenters. The normalized spacial score (nSPS) is 14.3. The fraction of sp³-hybridized carbons (Fsp3) is 0.286. The lowest BCUT2D eigenvalue weighted by molar-refractivity contribution is 0.0733. The smallest absolute Gasteiger partial charge is 0.259 e. The number of nitrogen functional groups attached to an aromatic ring is 1. The van der Waals surface area contributed by atoms with Crippen LogP contribution in [0.1, 0.15) is 27.2 Å².